The number of carbonyl (C=O) groups excluding carboxylic acids is 1. The summed E-state index contributed by atoms with van der Waals surface area (Å²) in [7, 11) is 1.85. The average molecular weight is 268 g/mol. The zero-order valence-corrected chi connectivity index (χ0v) is 12.0. The Labute approximate surface area is 119 Å². The van der Waals surface area contributed by atoms with Crippen molar-refractivity contribution in [2.75, 3.05) is 11.9 Å². The molecule has 0 bridgehead atoms. The third-order valence-electron chi connectivity index (χ3n) is 4.22. The lowest BCUT2D eigenvalue weighted by Gasteiger charge is -2.34. The van der Waals surface area contributed by atoms with E-state index in [0.29, 0.717) is 0 Å². The van der Waals surface area contributed by atoms with Gasteiger partial charge in [0.2, 0.25) is 5.91 Å². The van der Waals surface area contributed by atoms with Crippen molar-refractivity contribution in [2.45, 2.75) is 25.8 Å². The average Bonchev–Trinajstić information content (AvgIpc) is 2.42. The Hall–Kier alpha value is -1.87. The largest absolute Gasteiger partial charge is 0.328 e. The number of benzene rings is 2. The van der Waals surface area contributed by atoms with Gasteiger partial charge < -0.3 is 10.6 Å². The number of anilines is 1. The zero-order valence-electron chi connectivity index (χ0n) is 12.0. The Kier molecular flexibility index (Phi) is 3.22. The normalized spacial score (nSPS) is 21.6. The fourth-order valence-electron chi connectivity index (χ4n) is 2.83. The van der Waals surface area contributed by atoms with E-state index < -0.39 is 0 Å². The van der Waals surface area contributed by atoms with Gasteiger partial charge in [-0.2, -0.15) is 0 Å². The van der Waals surface area contributed by atoms with Crippen LogP contribution in [0, 0.1) is 12.8 Å². The first-order valence-electron chi connectivity index (χ1n) is 7.08. The lowest BCUT2D eigenvalue weighted by molar-refractivity contribution is -0.124. The van der Waals surface area contributed by atoms with Crippen LogP contribution in [0.3, 0.4) is 0 Å². The number of nitrogens with zero attached hydrogens (tertiary/aromatic N) is 1. The zero-order chi connectivity index (χ0) is 14.3. The first-order valence-corrected chi connectivity index (χ1v) is 7.08. The van der Waals surface area contributed by atoms with Crippen molar-refractivity contribution in [1.82, 2.24) is 0 Å². The summed E-state index contributed by atoms with van der Waals surface area (Å²) in [6.07, 6.45) is 1.63. The summed E-state index contributed by atoms with van der Waals surface area (Å²) in [4.78, 5) is 14.1. The molecule has 104 valence electrons. The van der Waals surface area contributed by atoms with Crippen LogP contribution in [-0.2, 0) is 4.79 Å². The molecule has 20 heavy (non-hydrogen) atoms. The summed E-state index contributed by atoms with van der Waals surface area (Å²) in [5, 5.41) is 2.37. The number of fused-ring (bicyclic) bond motifs is 1. The van der Waals surface area contributed by atoms with Crippen molar-refractivity contribution in [3.63, 3.8) is 0 Å². The number of hydrogen-bond acceptors (Lipinski definition) is 2. The molecule has 2 N–H and O–H groups in total. The highest BCUT2D eigenvalue weighted by Gasteiger charge is 2.34. The molecule has 3 nitrogen and oxygen atoms in total. The molecule has 0 heterocycles. The number of aryl methyl sites for hydroxylation is 1. The van der Waals surface area contributed by atoms with Crippen LogP contribution in [0.4, 0.5) is 5.69 Å². The van der Waals surface area contributed by atoms with Crippen molar-refractivity contribution in [3.8, 4) is 0 Å². The third-order valence-corrected chi connectivity index (χ3v) is 4.22. The molecule has 0 spiro atoms. The first kappa shape index (κ1) is 13.1. The molecule has 1 aliphatic carbocycles. The predicted octanol–water partition coefficient (Wildman–Crippen LogP) is 2.85. The van der Waals surface area contributed by atoms with Gasteiger partial charge in [0.25, 0.3) is 0 Å². The molecule has 0 unspecified atom stereocenters. The van der Waals surface area contributed by atoms with Crippen LogP contribution in [0.1, 0.15) is 18.4 Å². The van der Waals surface area contributed by atoms with Gasteiger partial charge in [-0.1, -0.05) is 29.8 Å². The van der Waals surface area contributed by atoms with E-state index in [2.05, 4.69) is 37.3 Å². The molecule has 1 aliphatic rings. The first-order chi connectivity index (χ1) is 9.54. The van der Waals surface area contributed by atoms with Gasteiger partial charge in [0, 0.05) is 24.7 Å². The second-order valence-corrected chi connectivity index (χ2v) is 5.86. The second-order valence-electron chi connectivity index (χ2n) is 5.86. The quantitative estimate of drug-likeness (QED) is 0.910. The van der Waals surface area contributed by atoms with Gasteiger partial charge in [0.1, 0.15) is 0 Å². The van der Waals surface area contributed by atoms with Gasteiger partial charge >= 0.3 is 0 Å². The maximum absolute atomic E-state index is 12.3. The molecule has 1 amide bonds. The number of nitrogens with two attached hydrogens (primary N) is 1. The molecule has 2 aromatic carbocycles. The third kappa shape index (κ3) is 2.29. The number of hydrogen-bond donors (Lipinski definition) is 1. The Morgan fingerprint density at radius 2 is 1.80 bits per heavy atom. The van der Waals surface area contributed by atoms with Crippen molar-refractivity contribution in [3.05, 3.63) is 42.0 Å². The van der Waals surface area contributed by atoms with E-state index in [4.69, 9.17) is 5.73 Å². The lowest BCUT2D eigenvalue weighted by Crippen LogP contribution is -2.45. The summed E-state index contributed by atoms with van der Waals surface area (Å²) in [6.45, 7) is 2.09. The Bertz CT molecular complexity index is 659. The molecule has 2 aromatic rings. The van der Waals surface area contributed by atoms with Crippen molar-refractivity contribution in [1.29, 1.82) is 0 Å². The fraction of sp³-hybridized carbons (Fsp3) is 0.353. The van der Waals surface area contributed by atoms with Crippen LogP contribution >= 0.6 is 0 Å². The highest BCUT2D eigenvalue weighted by molar-refractivity contribution is 5.97. The minimum atomic E-state index is 0.101. The van der Waals surface area contributed by atoms with E-state index in [9.17, 15) is 4.79 Å². The smallest absolute Gasteiger partial charge is 0.229 e. The molecule has 0 aliphatic heterocycles. The van der Waals surface area contributed by atoms with E-state index in [1.54, 1.807) is 4.90 Å². The minimum absolute atomic E-state index is 0.101. The van der Waals surface area contributed by atoms with Crippen molar-refractivity contribution in [2.24, 2.45) is 11.7 Å². The highest BCUT2D eigenvalue weighted by Crippen LogP contribution is 2.30. The summed E-state index contributed by atoms with van der Waals surface area (Å²) in [6, 6.07) is 12.7. The van der Waals surface area contributed by atoms with Gasteiger partial charge in [-0.25, -0.2) is 0 Å². The molecule has 0 aromatic heterocycles. The molecule has 1 fully saturated rings. The summed E-state index contributed by atoms with van der Waals surface area (Å²) in [5.41, 5.74) is 7.96. The molecule has 3 rings (SSSR count). The van der Waals surface area contributed by atoms with Crippen LogP contribution in [0.25, 0.3) is 10.8 Å². The second kappa shape index (κ2) is 4.91. The highest BCUT2D eigenvalue weighted by atomic mass is 16.2. The monoisotopic (exact) mass is 268 g/mol. The van der Waals surface area contributed by atoms with Gasteiger partial charge in [-0.15, -0.1) is 0 Å². The SMILES string of the molecule is Cc1ccc2cc(N(C)C(=O)C3CC(N)C3)ccc2c1. The van der Waals surface area contributed by atoms with E-state index >= 15 is 0 Å². The molecule has 0 atom stereocenters. The summed E-state index contributed by atoms with van der Waals surface area (Å²) >= 11 is 0. The van der Waals surface area contributed by atoms with Crippen LogP contribution in [0.15, 0.2) is 36.4 Å². The molecule has 0 saturated heterocycles. The number of carbonyl (C=O) groups is 1. The standard InChI is InChI=1S/C17H20N2O/c1-11-3-4-13-10-16(6-5-12(13)7-11)19(2)17(20)14-8-15(18)9-14/h3-7,10,14-15H,8-9,18H2,1-2H3. The summed E-state index contributed by atoms with van der Waals surface area (Å²) < 4.78 is 0. The Morgan fingerprint density at radius 3 is 2.50 bits per heavy atom. The summed E-state index contributed by atoms with van der Waals surface area (Å²) in [5.74, 6) is 0.280. The van der Waals surface area contributed by atoms with E-state index in [1.807, 2.05) is 13.1 Å². The van der Waals surface area contributed by atoms with Crippen LogP contribution in [0.2, 0.25) is 0 Å². The van der Waals surface area contributed by atoms with Crippen LogP contribution in [0.5, 0.6) is 0 Å². The Balaban J connectivity index is 1.86. The fourth-order valence-corrected chi connectivity index (χ4v) is 2.83. The molecular weight excluding hydrogens is 248 g/mol. The van der Waals surface area contributed by atoms with Gasteiger partial charge in [-0.3, -0.25) is 4.79 Å². The number of rotatable bonds is 2. The van der Waals surface area contributed by atoms with E-state index in [0.717, 1.165) is 23.9 Å². The van der Waals surface area contributed by atoms with Crippen molar-refractivity contribution >= 4 is 22.4 Å². The Morgan fingerprint density at radius 1 is 1.15 bits per heavy atom. The van der Waals surface area contributed by atoms with Crippen molar-refractivity contribution < 1.29 is 4.79 Å². The maximum atomic E-state index is 12.3. The maximum Gasteiger partial charge on any atom is 0.229 e. The van der Waals surface area contributed by atoms with Crippen LogP contribution < -0.4 is 10.6 Å². The van der Waals surface area contributed by atoms with Crippen LogP contribution in [-0.4, -0.2) is 19.0 Å². The number of amides is 1. The van der Waals surface area contributed by atoms with E-state index in [-0.39, 0.29) is 17.9 Å². The molecular formula is C17H20N2O. The lowest BCUT2D eigenvalue weighted by atomic mass is 9.80. The minimum Gasteiger partial charge on any atom is -0.328 e. The van der Waals surface area contributed by atoms with Gasteiger partial charge in [-0.05, 0) is 42.7 Å². The van der Waals surface area contributed by atoms with Gasteiger partial charge in [0.15, 0.2) is 0 Å². The molecule has 0 radical (unpaired) electrons. The van der Waals surface area contributed by atoms with E-state index in [1.165, 1.54) is 10.9 Å². The molecule has 3 heteroatoms. The topological polar surface area (TPSA) is 46.3 Å². The van der Waals surface area contributed by atoms with Gasteiger partial charge in [0.05, 0.1) is 0 Å². The molecule has 1 saturated carbocycles. The predicted molar refractivity (Wildman–Crippen MR) is 82.8 cm³/mol.